The molecule has 1 rings (SSSR count). The molecule has 1 aromatic rings. The summed E-state index contributed by atoms with van der Waals surface area (Å²) in [5, 5.41) is 0. The number of halogens is 1. The summed E-state index contributed by atoms with van der Waals surface area (Å²) in [4.78, 5) is 0. The Balaban J connectivity index is -0.000000180. The Kier molecular flexibility index (Phi) is 20.8. The van der Waals surface area contributed by atoms with Crippen LogP contribution in [0.25, 0.3) is 0 Å². The van der Waals surface area contributed by atoms with Gasteiger partial charge in [-0.2, -0.15) is 24.6 Å². The van der Waals surface area contributed by atoms with Crippen LogP contribution in [0, 0.1) is 13.0 Å². The van der Waals surface area contributed by atoms with Gasteiger partial charge in [0.05, 0.1) is 7.11 Å². The van der Waals surface area contributed by atoms with Gasteiger partial charge in [0.25, 0.3) is 0 Å². The molecule has 1 aromatic carbocycles. The van der Waals surface area contributed by atoms with Crippen LogP contribution in [0.3, 0.4) is 0 Å². The van der Waals surface area contributed by atoms with E-state index in [1.165, 1.54) is 0 Å². The van der Waals surface area contributed by atoms with E-state index in [4.69, 9.17) is 4.74 Å². The van der Waals surface area contributed by atoms with Gasteiger partial charge in [0.2, 0.25) is 0 Å². The minimum Gasteiger partial charge on any atom is -0.522 e. The molecule has 13 heavy (non-hydrogen) atoms. The van der Waals surface area contributed by atoms with Crippen LogP contribution in [-0.2, 0) is 19.5 Å². The second-order valence-electron chi connectivity index (χ2n) is 1.94. The van der Waals surface area contributed by atoms with Crippen molar-refractivity contribution < 1.29 is 24.2 Å². The Morgan fingerprint density at radius 1 is 1.38 bits per heavy atom. The molecule has 0 atom stereocenters. The van der Waals surface area contributed by atoms with E-state index >= 15 is 0 Å². The fraction of sp³-hybridized carbons (Fsp3) is 0.300. The molecular weight excluding hydrogens is 237 g/mol. The Morgan fingerprint density at radius 3 is 2.00 bits per heavy atom. The molecule has 0 heterocycles. The summed E-state index contributed by atoms with van der Waals surface area (Å²) in [7, 11) is 1.65. The van der Waals surface area contributed by atoms with Crippen molar-refractivity contribution in [2.24, 2.45) is 0 Å². The Labute approximate surface area is 100 Å². The third-order valence-corrected chi connectivity index (χ3v) is 0.923. The maximum atomic E-state index is 4.89. The van der Waals surface area contributed by atoms with E-state index in [1.807, 2.05) is 31.2 Å². The molecule has 0 aliphatic carbocycles. The van der Waals surface area contributed by atoms with Crippen molar-refractivity contribution in [2.45, 2.75) is 13.3 Å². The first-order valence-corrected chi connectivity index (χ1v) is 3.64. The minimum atomic E-state index is 0. The van der Waals surface area contributed by atoms with Gasteiger partial charge in [-0.25, -0.2) is 0 Å². The summed E-state index contributed by atoms with van der Waals surface area (Å²) >= 11 is 0. The molecule has 0 aliphatic rings. The number of hydrogen-bond donors (Lipinski definition) is 0. The van der Waals surface area contributed by atoms with E-state index in [2.05, 4.69) is 13.0 Å². The van der Waals surface area contributed by atoms with Crippen LogP contribution in [0.1, 0.15) is 13.3 Å². The van der Waals surface area contributed by atoms with E-state index in [1.54, 1.807) is 7.11 Å². The second kappa shape index (κ2) is 14.5. The van der Waals surface area contributed by atoms with E-state index in [-0.39, 0.29) is 31.9 Å². The van der Waals surface area contributed by atoms with Gasteiger partial charge in [-0.05, 0) is 0 Å². The Hall–Kier alpha value is -0.0666. The number of benzene rings is 1. The Bertz CT molecular complexity index is 168. The second-order valence-corrected chi connectivity index (χ2v) is 1.94. The molecule has 0 radical (unpaired) electrons. The molecule has 70 valence electrons. The zero-order valence-electron chi connectivity index (χ0n) is 8.25. The van der Waals surface area contributed by atoms with E-state index in [0.29, 0.717) is 0 Å². The van der Waals surface area contributed by atoms with Crippen molar-refractivity contribution in [2.75, 3.05) is 7.11 Å². The standard InChI is InChI=1S/C7H7O.C3H7.ClH.Zn/c1-8-7-5-3-2-4-6-7;1-3-2;;/h3-6H,1H3;1,3H2,2H3;1H;/q2*-1;;+2. The van der Waals surface area contributed by atoms with Gasteiger partial charge in [-0.1, -0.05) is 6.92 Å². The van der Waals surface area contributed by atoms with Crippen molar-refractivity contribution in [3.63, 3.8) is 0 Å². The minimum absolute atomic E-state index is 0. The first kappa shape index (κ1) is 18.7. The third kappa shape index (κ3) is 11.9. The molecule has 0 spiro atoms. The largest absolute Gasteiger partial charge is 2.00 e. The van der Waals surface area contributed by atoms with Gasteiger partial charge >= 0.3 is 19.5 Å². The van der Waals surface area contributed by atoms with E-state index in [9.17, 15) is 0 Å². The summed E-state index contributed by atoms with van der Waals surface area (Å²) in [6, 6.07) is 10.2. The Morgan fingerprint density at radius 2 is 1.77 bits per heavy atom. The van der Waals surface area contributed by atoms with Gasteiger partial charge in [0.1, 0.15) is 0 Å². The van der Waals surface area contributed by atoms with Crippen LogP contribution in [0.5, 0.6) is 5.75 Å². The van der Waals surface area contributed by atoms with Gasteiger partial charge in [0.15, 0.2) is 0 Å². The van der Waals surface area contributed by atoms with Crippen molar-refractivity contribution in [1.29, 1.82) is 0 Å². The van der Waals surface area contributed by atoms with Crippen LogP contribution in [0.2, 0.25) is 0 Å². The van der Waals surface area contributed by atoms with Crippen LogP contribution in [0.4, 0.5) is 0 Å². The first-order valence-electron chi connectivity index (χ1n) is 3.64. The summed E-state index contributed by atoms with van der Waals surface area (Å²) in [6.07, 6.45) is 1.00. The molecule has 0 aromatic heterocycles. The maximum absolute atomic E-state index is 4.89. The first-order chi connectivity index (χ1) is 5.35. The van der Waals surface area contributed by atoms with E-state index in [0.717, 1.165) is 12.2 Å². The fourth-order valence-corrected chi connectivity index (χ4v) is 0.508. The van der Waals surface area contributed by atoms with Crippen molar-refractivity contribution in [1.82, 2.24) is 0 Å². The molecule has 0 aliphatic heterocycles. The zero-order chi connectivity index (χ0) is 8.53. The van der Waals surface area contributed by atoms with Crippen LogP contribution in [-0.4, -0.2) is 7.11 Å². The fourth-order valence-electron chi connectivity index (χ4n) is 0.508. The van der Waals surface area contributed by atoms with E-state index < -0.39 is 0 Å². The number of ether oxygens (including phenoxy) is 1. The molecule has 0 unspecified atom stereocenters. The molecule has 0 amide bonds. The molecule has 0 saturated carbocycles. The summed E-state index contributed by atoms with van der Waals surface area (Å²) in [5.74, 6) is 0.878. The zero-order valence-corrected chi connectivity index (χ0v) is 12.0. The van der Waals surface area contributed by atoms with Gasteiger partial charge in [-0.15, -0.1) is 24.5 Å². The van der Waals surface area contributed by atoms with Gasteiger partial charge < -0.3 is 11.7 Å². The molecule has 0 fully saturated rings. The molecule has 3 heteroatoms. The summed E-state index contributed by atoms with van der Waals surface area (Å²) < 4.78 is 4.89. The third-order valence-electron chi connectivity index (χ3n) is 0.923. The van der Waals surface area contributed by atoms with Crippen molar-refractivity contribution in [3.05, 3.63) is 37.3 Å². The average Bonchev–Trinajstić information content (AvgIpc) is 2.08. The number of methoxy groups -OCH3 is 1. The number of hydrogen-bond acceptors (Lipinski definition) is 1. The van der Waals surface area contributed by atoms with Crippen LogP contribution >= 0.6 is 12.4 Å². The average molecular weight is 252 g/mol. The summed E-state index contributed by atoms with van der Waals surface area (Å²) in [5.41, 5.74) is 0. The topological polar surface area (TPSA) is 9.23 Å². The molecule has 0 bridgehead atoms. The van der Waals surface area contributed by atoms with Gasteiger partial charge in [-0.3, -0.25) is 0 Å². The SMILES string of the molecule is COc1cc[c-]cc1.Cl.[CH2-]CC.[Zn+2]. The smallest absolute Gasteiger partial charge is 0.522 e. The maximum Gasteiger partial charge on any atom is 2.00 e. The predicted octanol–water partition coefficient (Wildman–Crippen LogP) is 3.15. The monoisotopic (exact) mass is 250 g/mol. The summed E-state index contributed by atoms with van der Waals surface area (Å²) in [6.45, 7) is 5.50. The van der Waals surface area contributed by atoms with Crippen LogP contribution in [0.15, 0.2) is 24.3 Å². The van der Waals surface area contributed by atoms with Crippen molar-refractivity contribution >= 4 is 12.4 Å². The van der Waals surface area contributed by atoms with Gasteiger partial charge in [0, 0.05) is 5.75 Å². The quantitative estimate of drug-likeness (QED) is 0.551. The molecule has 0 saturated heterocycles. The molecule has 0 N–H and O–H groups in total. The molecular formula is C10H15ClOZn. The van der Waals surface area contributed by atoms with Crippen LogP contribution < -0.4 is 4.74 Å². The molecule has 1 nitrogen and oxygen atoms in total. The normalized spacial score (nSPS) is 6.69. The predicted molar refractivity (Wildman–Crippen MR) is 54.7 cm³/mol. The number of rotatable bonds is 1. The van der Waals surface area contributed by atoms with Crippen molar-refractivity contribution in [3.8, 4) is 5.75 Å².